The van der Waals surface area contributed by atoms with Gasteiger partial charge >= 0.3 is 0 Å². The van der Waals surface area contributed by atoms with E-state index in [4.69, 9.17) is 18.6 Å². The normalized spacial score (nSPS) is 10.6. The molecule has 0 unspecified atom stereocenters. The highest BCUT2D eigenvalue weighted by Gasteiger charge is 2.17. The van der Waals surface area contributed by atoms with E-state index in [2.05, 4.69) is 10.3 Å². The molecule has 0 aliphatic carbocycles. The van der Waals surface area contributed by atoms with Gasteiger partial charge in [0.15, 0.2) is 17.3 Å². The molecule has 3 aromatic carbocycles. The molecule has 0 saturated heterocycles. The van der Waals surface area contributed by atoms with Gasteiger partial charge in [0.1, 0.15) is 5.75 Å². The van der Waals surface area contributed by atoms with Gasteiger partial charge in [-0.05, 0) is 48.4 Å². The molecular weight excluding hydrogens is 432 g/mol. The molecule has 4 aromatic rings. The van der Waals surface area contributed by atoms with Crippen molar-refractivity contribution in [1.29, 1.82) is 0 Å². The lowest BCUT2D eigenvalue weighted by molar-refractivity contribution is 0.0954. The molecule has 4 rings (SSSR count). The van der Waals surface area contributed by atoms with Gasteiger partial charge in [0.05, 0.1) is 33.1 Å². The smallest absolute Gasteiger partial charge is 0.252 e. The number of carbonyl (C=O) groups is 1. The Balaban J connectivity index is 1.47. The Morgan fingerprint density at radius 2 is 1.74 bits per heavy atom. The van der Waals surface area contributed by atoms with Crippen molar-refractivity contribution in [2.75, 3.05) is 27.9 Å². The van der Waals surface area contributed by atoms with Crippen LogP contribution in [0.4, 0.5) is 0 Å². The van der Waals surface area contributed by atoms with Gasteiger partial charge in [0.25, 0.3) is 5.91 Å². The number of ether oxygens (including phenoxy) is 3. The van der Waals surface area contributed by atoms with Crippen molar-refractivity contribution in [1.82, 2.24) is 10.3 Å². The summed E-state index contributed by atoms with van der Waals surface area (Å²) >= 11 is 0. The largest absolute Gasteiger partial charge is 0.497 e. The Bertz CT molecular complexity index is 1280. The third-order valence-corrected chi connectivity index (χ3v) is 5.41. The van der Waals surface area contributed by atoms with E-state index in [1.807, 2.05) is 60.7 Å². The summed E-state index contributed by atoms with van der Waals surface area (Å²) in [6, 6.07) is 20.5. The Morgan fingerprint density at radius 1 is 0.912 bits per heavy atom. The van der Waals surface area contributed by atoms with Crippen molar-refractivity contribution in [3.05, 3.63) is 84.1 Å². The molecule has 0 fully saturated rings. The van der Waals surface area contributed by atoms with E-state index in [0.717, 1.165) is 16.9 Å². The van der Waals surface area contributed by atoms with Crippen molar-refractivity contribution in [2.24, 2.45) is 0 Å². The molecule has 1 amide bonds. The number of nitrogens with one attached hydrogen (secondary N) is 1. The van der Waals surface area contributed by atoms with Crippen LogP contribution >= 0.6 is 0 Å². The molecule has 174 valence electrons. The first kappa shape index (κ1) is 22.9. The van der Waals surface area contributed by atoms with Gasteiger partial charge in [-0.2, -0.15) is 0 Å². The topological polar surface area (TPSA) is 82.8 Å². The predicted octanol–water partition coefficient (Wildman–Crippen LogP) is 5.01. The molecule has 34 heavy (non-hydrogen) atoms. The molecule has 0 bridgehead atoms. The summed E-state index contributed by atoms with van der Waals surface area (Å²) in [7, 11) is 4.82. The lowest BCUT2D eigenvalue weighted by atomic mass is 10.1. The zero-order chi connectivity index (χ0) is 23.9. The number of benzene rings is 3. The lowest BCUT2D eigenvalue weighted by Gasteiger charge is -2.11. The van der Waals surface area contributed by atoms with E-state index >= 15 is 0 Å². The van der Waals surface area contributed by atoms with Crippen LogP contribution in [0.25, 0.3) is 22.8 Å². The number of carbonyl (C=O) groups excluding carboxylic acids is 1. The minimum atomic E-state index is -0.197. The van der Waals surface area contributed by atoms with Crippen LogP contribution in [0.1, 0.15) is 15.9 Å². The molecule has 0 aliphatic heterocycles. The van der Waals surface area contributed by atoms with Crippen LogP contribution in [0.3, 0.4) is 0 Å². The van der Waals surface area contributed by atoms with Crippen molar-refractivity contribution in [3.63, 3.8) is 0 Å². The van der Waals surface area contributed by atoms with Gasteiger partial charge < -0.3 is 23.9 Å². The maximum absolute atomic E-state index is 13.0. The van der Waals surface area contributed by atoms with Gasteiger partial charge in [-0.3, -0.25) is 4.79 Å². The van der Waals surface area contributed by atoms with Crippen LogP contribution in [0.15, 0.2) is 77.3 Å². The van der Waals surface area contributed by atoms with Crippen LogP contribution in [0.2, 0.25) is 0 Å². The minimum Gasteiger partial charge on any atom is -0.497 e. The number of aromatic nitrogens is 1. The Morgan fingerprint density at radius 3 is 2.53 bits per heavy atom. The second-order valence-electron chi connectivity index (χ2n) is 7.50. The van der Waals surface area contributed by atoms with Crippen molar-refractivity contribution in [2.45, 2.75) is 6.42 Å². The number of hydrogen-bond acceptors (Lipinski definition) is 6. The second-order valence-corrected chi connectivity index (χ2v) is 7.50. The molecule has 0 spiro atoms. The second kappa shape index (κ2) is 10.6. The number of oxazole rings is 1. The van der Waals surface area contributed by atoms with E-state index in [1.54, 1.807) is 33.6 Å². The van der Waals surface area contributed by atoms with E-state index < -0.39 is 0 Å². The molecule has 0 saturated carbocycles. The quantitative estimate of drug-likeness (QED) is 0.380. The van der Waals surface area contributed by atoms with Gasteiger partial charge in [-0.15, -0.1) is 0 Å². The number of amides is 1. The fourth-order valence-electron chi connectivity index (χ4n) is 3.63. The average molecular weight is 459 g/mol. The van der Waals surface area contributed by atoms with Crippen LogP contribution in [-0.4, -0.2) is 38.8 Å². The summed E-state index contributed by atoms with van der Waals surface area (Å²) in [5.74, 6) is 2.83. The van der Waals surface area contributed by atoms with Gasteiger partial charge in [-0.1, -0.05) is 30.3 Å². The molecule has 1 aromatic heterocycles. The molecule has 0 aliphatic rings. The number of nitrogens with zero attached hydrogens (tertiary/aromatic N) is 1. The Hall–Kier alpha value is -4.26. The van der Waals surface area contributed by atoms with E-state index in [1.165, 1.54) is 0 Å². The zero-order valence-electron chi connectivity index (χ0n) is 19.3. The first-order valence-corrected chi connectivity index (χ1v) is 10.8. The number of methoxy groups -OCH3 is 3. The highest BCUT2D eigenvalue weighted by atomic mass is 16.5. The summed E-state index contributed by atoms with van der Waals surface area (Å²) in [5, 5.41) is 2.98. The number of hydrogen-bond donors (Lipinski definition) is 1. The maximum Gasteiger partial charge on any atom is 0.252 e. The van der Waals surface area contributed by atoms with Gasteiger partial charge in [0.2, 0.25) is 5.89 Å². The van der Waals surface area contributed by atoms with Crippen LogP contribution in [-0.2, 0) is 6.42 Å². The summed E-state index contributed by atoms with van der Waals surface area (Å²) < 4.78 is 21.9. The molecule has 7 heteroatoms. The van der Waals surface area contributed by atoms with Gasteiger partial charge in [0, 0.05) is 17.7 Å². The summed E-state index contributed by atoms with van der Waals surface area (Å²) in [6.45, 7) is 0.462. The third-order valence-electron chi connectivity index (χ3n) is 5.41. The van der Waals surface area contributed by atoms with Crippen molar-refractivity contribution in [3.8, 4) is 40.0 Å². The molecule has 0 radical (unpaired) electrons. The standard InChI is InChI=1S/C27H26N2O5/c1-31-20-8-6-7-19(16-20)25-17-29-27(34-25)22-10-5-4-9-21(22)26(30)28-14-13-18-11-12-23(32-2)24(15-18)33-3/h4-12,15-17H,13-14H2,1-3H3,(H,28,30). The van der Waals surface area contributed by atoms with Crippen LogP contribution < -0.4 is 19.5 Å². The maximum atomic E-state index is 13.0. The predicted molar refractivity (Wildman–Crippen MR) is 130 cm³/mol. The SMILES string of the molecule is COc1cccc(-c2cnc(-c3ccccc3C(=O)NCCc3ccc(OC)c(OC)c3)o2)c1. The first-order chi connectivity index (χ1) is 16.6. The molecule has 1 heterocycles. The molecule has 1 N–H and O–H groups in total. The van der Waals surface area contributed by atoms with Crippen LogP contribution in [0, 0.1) is 0 Å². The Kier molecular flexibility index (Phi) is 7.13. The third kappa shape index (κ3) is 5.04. The summed E-state index contributed by atoms with van der Waals surface area (Å²) in [4.78, 5) is 17.4. The highest BCUT2D eigenvalue weighted by Crippen LogP contribution is 2.30. The monoisotopic (exact) mass is 458 g/mol. The average Bonchev–Trinajstić information content (AvgIpc) is 3.39. The number of rotatable bonds is 9. The minimum absolute atomic E-state index is 0.197. The van der Waals surface area contributed by atoms with Gasteiger partial charge in [-0.25, -0.2) is 4.98 Å². The zero-order valence-corrected chi connectivity index (χ0v) is 19.3. The fraction of sp³-hybridized carbons (Fsp3) is 0.185. The highest BCUT2D eigenvalue weighted by molar-refractivity contribution is 6.00. The Labute approximate surface area is 198 Å². The molecule has 0 atom stereocenters. The molecular formula is C27H26N2O5. The van der Waals surface area contributed by atoms with E-state index in [9.17, 15) is 4.79 Å². The van der Waals surface area contributed by atoms with Crippen molar-refractivity contribution < 1.29 is 23.4 Å². The summed E-state index contributed by atoms with van der Waals surface area (Å²) in [6.07, 6.45) is 2.29. The fourth-order valence-corrected chi connectivity index (χ4v) is 3.63. The van der Waals surface area contributed by atoms with Crippen molar-refractivity contribution >= 4 is 5.91 Å². The van der Waals surface area contributed by atoms with E-state index in [-0.39, 0.29) is 5.91 Å². The molecule has 7 nitrogen and oxygen atoms in total. The van der Waals surface area contributed by atoms with Crippen LogP contribution in [0.5, 0.6) is 17.2 Å². The summed E-state index contributed by atoms with van der Waals surface area (Å²) in [5.41, 5.74) is 2.99. The first-order valence-electron chi connectivity index (χ1n) is 10.8. The lowest BCUT2D eigenvalue weighted by Crippen LogP contribution is -2.26. The van der Waals surface area contributed by atoms with E-state index in [0.29, 0.717) is 47.2 Å².